The molecule has 4 heteroatoms. The lowest BCUT2D eigenvalue weighted by Gasteiger charge is -2.09. The Hall–Kier alpha value is -1.29. The fraction of sp³-hybridized carbons (Fsp3) is 0.500. The lowest BCUT2D eigenvalue weighted by atomic mass is 10.2. The van der Waals surface area contributed by atoms with Gasteiger partial charge in [0.2, 0.25) is 0 Å². The van der Waals surface area contributed by atoms with E-state index >= 15 is 0 Å². The van der Waals surface area contributed by atoms with Crippen LogP contribution in [0.5, 0.6) is 0 Å². The summed E-state index contributed by atoms with van der Waals surface area (Å²) in [7, 11) is 0. The van der Waals surface area contributed by atoms with E-state index in [1.165, 1.54) is 25.0 Å². The number of hydrogen-bond acceptors (Lipinski definition) is 3. The number of nitrogen functional groups attached to an aromatic ring is 1. The second-order valence-corrected chi connectivity index (χ2v) is 4.18. The molecule has 0 aromatic heterocycles. The molecule has 0 atom stereocenters. The molecule has 0 radical (unpaired) electrons. The normalized spacial score (nSPS) is 15.1. The Morgan fingerprint density at radius 2 is 2.25 bits per heavy atom. The zero-order valence-electron chi connectivity index (χ0n) is 9.21. The van der Waals surface area contributed by atoms with E-state index in [0.29, 0.717) is 18.8 Å². The molecule has 88 valence electrons. The van der Waals surface area contributed by atoms with E-state index in [1.807, 2.05) is 0 Å². The van der Waals surface area contributed by atoms with E-state index in [4.69, 9.17) is 10.5 Å². The first-order valence-corrected chi connectivity index (χ1v) is 5.62. The van der Waals surface area contributed by atoms with Crippen LogP contribution in [0.15, 0.2) is 18.2 Å². The smallest absolute Gasteiger partial charge is 0.125 e. The fourth-order valence-corrected chi connectivity index (χ4v) is 1.49. The first-order valence-electron chi connectivity index (χ1n) is 5.62. The molecule has 0 spiro atoms. The van der Waals surface area contributed by atoms with E-state index in [-0.39, 0.29) is 5.82 Å². The Morgan fingerprint density at radius 1 is 1.44 bits per heavy atom. The summed E-state index contributed by atoms with van der Waals surface area (Å²) < 4.78 is 18.2. The monoisotopic (exact) mass is 224 g/mol. The van der Waals surface area contributed by atoms with Gasteiger partial charge in [-0.25, -0.2) is 4.39 Å². The number of nitrogens with one attached hydrogen (secondary N) is 1. The van der Waals surface area contributed by atoms with Crippen molar-refractivity contribution >= 4 is 11.4 Å². The van der Waals surface area contributed by atoms with Crippen LogP contribution in [0.2, 0.25) is 0 Å². The standard InChI is InChI=1S/C12H17FN2O/c13-10-3-4-12(11(14)7-10)15-5-6-16-8-9-1-2-9/h3-4,7,9,15H,1-2,5-6,8,14H2. The van der Waals surface area contributed by atoms with Gasteiger partial charge in [-0.2, -0.15) is 0 Å². The van der Waals surface area contributed by atoms with Gasteiger partial charge in [0.25, 0.3) is 0 Å². The van der Waals surface area contributed by atoms with E-state index in [9.17, 15) is 4.39 Å². The third-order valence-corrected chi connectivity index (χ3v) is 2.63. The van der Waals surface area contributed by atoms with Crippen molar-refractivity contribution < 1.29 is 9.13 Å². The van der Waals surface area contributed by atoms with Gasteiger partial charge >= 0.3 is 0 Å². The van der Waals surface area contributed by atoms with Gasteiger partial charge < -0.3 is 15.8 Å². The average molecular weight is 224 g/mol. The summed E-state index contributed by atoms with van der Waals surface area (Å²) in [6.45, 7) is 2.22. The van der Waals surface area contributed by atoms with E-state index in [0.717, 1.165) is 18.2 Å². The molecule has 0 bridgehead atoms. The van der Waals surface area contributed by atoms with Crippen LogP contribution in [-0.2, 0) is 4.74 Å². The average Bonchev–Trinajstić information content (AvgIpc) is 3.04. The molecule has 0 amide bonds. The summed E-state index contributed by atoms with van der Waals surface area (Å²) in [6, 6.07) is 4.35. The molecule has 1 aliphatic carbocycles. The number of ether oxygens (including phenoxy) is 1. The Kier molecular flexibility index (Phi) is 3.62. The summed E-state index contributed by atoms with van der Waals surface area (Å²) in [6.07, 6.45) is 2.61. The van der Waals surface area contributed by atoms with Crippen molar-refractivity contribution in [1.82, 2.24) is 0 Å². The molecular formula is C12H17FN2O. The molecule has 1 saturated carbocycles. The largest absolute Gasteiger partial charge is 0.397 e. The molecule has 0 aliphatic heterocycles. The quantitative estimate of drug-likeness (QED) is 0.575. The first-order chi connectivity index (χ1) is 7.75. The third kappa shape index (κ3) is 3.38. The number of rotatable bonds is 6. The lowest BCUT2D eigenvalue weighted by Crippen LogP contribution is -2.11. The molecule has 1 aliphatic rings. The highest BCUT2D eigenvalue weighted by molar-refractivity contribution is 5.65. The number of nitrogens with two attached hydrogens (primary N) is 1. The van der Waals surface area contributed by atoms with Crippen molar-refractivity contribution in [2.75, 3.05) is 30.8 Å². The maximum atomic E-state index is 12.8. The van der Waals surface area contributed by atoms with Crippen LogP contribution in [0, 0.1) is 11.7 Å². The highest BCUT2D eigenvalue weighted by Gasteiger charge is 2.20. The van der Waals surface area contributed by atoms with E-state index in [1.54, 1.807) is 6.07 Å². The summed E-state index contributed by atoms with van der Waals surface area (Å²) in [5.41, 5.74) is 6.84. The molecule has 0 heterocycles. The summed E-state index contributed by atoms with van der Waals surface area (Å²) in [5, 5.41) is 3.12. The molecule has 0 unspecified atom stereocenters. The van der Waals surface area contributed by atoms with Gasteiger partial charge in [0, 0.05) is 13.2 Å². The van der Waals surface area contributed by atoms with Crippen LogP contribution in [0.25, 0.3) is 0 Å². The van der Waals surface area contributed by atoms with Crippen LogP contribution in [0.4, 0.5) is 15.8 Å². The van der Waals surface area contributed by atoms with Gasteiger partial charge in [0.15, 0.2) is 0 Å². The molecule has 0 saturated heterocycles. The highest BCUT2D eigenvalue weighted by Crippen LogP contribution is 2.28. The van der Waals surface area contributed by atoms with Crippen molar-refractivity contribution in [2.45, 2.75) is 12.8 Å². The van der Waals surface area contributed by atoms with E-state index in [2.05, 4.69) is 5.32 Å². The fourth-order valence-electron chi connectivity index (χ4n) is 1.49. The molecule has 3 N–H and O–H groups in total. The van der Waals surface area contributed by atoms with Crippen molar-refractivity contribution in [1.29, 1.82) is 0 Å². The van der Waals surface area contributed by atoms with Crippen molar-refractivity contribution in [3.05, 3.63) is 24.0 Å². The van der Waals surface area contributed by atoms with Gasteiger partial charge in [0.05, 0.1) is 18.0 Å². The van der Waals surface area contributed by atoms with Crippen LogP contribution < -0.4 is 11.1 Å². The molecule has 2 rings (SSSR count). The minimum absolute atomic E-state index is 0.312. The second kappa shape index (κ2) is 5.16. The molecule has 1 aromatic rings. The maximum absolute atomic E-state index is 12.8. The van der Waals surface area contributed by atoms with Gasteiger partial charge in [-0.15, -0.1) is 0 Å². The van der Waals surface area contributed by atoms with Gasteiger partial charge in [-0.05, 0) is 37.0 Å². The predicted molar refractivity (Wildman–Crippen MR) is 62.8 cm³/mol. The Balaban J connectivity index is 1.67. The topological polar surface area (TPSA) is 47.3 Å². The number of hydrogen-bond donors (Lipinski definition) is 2. The Bertz CT molecular complexity index is 353. The van der Waals surface area contributed by atoms with Gasteiger partial charge in [-0.3, -0.25) is 0 Å². The molecule has 16 heavy (non-hydrogen) atoms. The number of anilines is 2. The van der Waals surface area contributed by atoms with Crippen molar-refractivity contribution in [2.24, 2.45) is 5.92 Å². The third-order valence-electron chi connectivity index (χ3n) is 2.63. The Morgan fingerprint density at radius 3 is 2.94 bits per heavy atom. The second-order valence-electron chi connectivity index (χ2n) is 4.18. The number of halogens is 1. The summed E-state index contributed by atoms with van der Waals surface area (Å²) in [4.78, 5) is 0. The molecule has 1 aromatic carbocycles. The predicted octanol–water partition coefficient (Wildman–Crippen LogP) is 2.25. The van der Waals surface area contributed by atoms with E-state index < -0.39 is 0 Å². The highest BCUT2D eigenvalue weighted by atomic mass is 19.1. The zero-order chi connectivity index (χ0) is 11.4. The molecule has 1 fully saturated rings. The van der Waals surface area contributed by atoms with Crippen molar-refractivity contribution in [3.8, 4) is 0 Å². The van der Waals surface area contributed by atoms with Crippen LogP contribution in [-0.4, -0.2) is 19.8 Å². The lowest BCUT2D eigenvalue weighted by molar-refractivity contribution is 0.134. The van der Waals surface area contributed by atoms with Crippen LogP contribution in [0.1, 0.15) is 12.8 Å². The zero-order valence-corrected chi connectivity index (χ0v) is 9.21. The van der Waals surface area contributed by atoms with Crippen LogP contribution in [0.3, 0.4) is 0 Å². The van der Waals surface area contributed by atoms with Crippen LogP contribution >= 0.6 is 0 Å². The first kappa shape index (κ1) is 11.2. The van der Waals surface area contributed by atoms with Gasteiger partial charge in [0.1, 0.15) is 5.82 Å². The summed E-state index contributed by atoms with van der Waals surface area (Å²) in [5.74, 6) is 0.476. The Labute approximate surface area is 94.8 Å². The maximum Gasteiger partial charge on any atom is 0.125 e. The molecule has 3 nitrogen and oxygen atoms in total. The minimum Gasteiger partial charge on any atom is -0.397 e. The number of benzene rings is 1. The van der Waals surface area contributed by atoms with Crippen molar-refractivity contribution in [3.63, 3.8) is 0 Å². The van der Waals surface area contributed by atoms with Gasteiger partial charge in [-0.1, -0.05) is 0 Å². The summed E-state index contributed by atoms with van der Waals surface area (Å²) >= 11 is 0. The molecular weight excluding hydrogens is 207 g/mol. The minimum atomic E-state index is -0.312. The SMILES string of the molecule is Nc1cc(F)ccc1NCCOCC1CC1.